The van der Waals surface area contributed by atoms with Gasteiger partial charge in [0, 0.05) is 35.9 Å². The standard InChI is InChI=1S/C26H17F5N6O3/c27-15-8-13(40-24-21(30)16(28)9-17(29)22(24)31)3-4-14(15)23-20-25(32)33-10-34-26(20)37(35-23)12-2-1-11(7-12)36-18(38)5-6-19(36)39/h3-6,8-12H,1-2,7H2,(H2,32,33,34)/t11-,12-/m0/s1. The molecule has 1 saturated carbocycles. The van der Waals surface area contributed by atoms with Crippen molar-refractivity contribution in [1.82, 2.24) is 24.6 Å². The highest BCUT2D eigenvalue weighted by atomic mass is 19.2. The minimum absolute atomic E-state index is 0.00833. The number of imide groups is 1. The van der Waals surface area contributed by atoms with Crippen LogP contribution in [0.15, 0.2) is 42.7 Å². The average Bonchev–Trinajstić information content (AvgIpc) is 3.63. The number of aromatic nitrogens is 4. The highest BCUT2D eigenvalue weighted by Crippen LogP contribution is 2.40. The van der Waals surface area contributed by atoms with E-state index in [9.17, 15) is 27.2 Å². The summed E-state index contributed by atoms with van der Waals surface area (Å²) < 4.78 is 77.0. The summed E-state index contributed by atoms with van der Waals surface area (Å²) in [4.78, 5) is 33.7. The molecule has 1 aliphatic carbocycles. The number of carbonyl (C=O) groups is 2. The molecule has 6 rings (SSSR count). The highest BCUT2D eigenvalue weighted by molar-refractivity contribution is 6.13. The fourth-order valence-corrected chi connectivity index (χ4v) is 5.11. The molecule has 0 unspecified atom stereocenters. The number of anilines is 1. The third-order valence-electron chi connectivity index (χ3n) is 6.94. The summed E-state index contributed by atoms with van der Waals surface area (Å²) in [5.74, 6) is -10.4. The van der Waals surface area contributed by atoms with E-state index >= 15 is 4.39 Å². The van der Waals surface area contributed by atoms with Gasteiger partial charge in [0.25, 0.3) is 11.8 Å². The minimum atomic E-state index is -1.78. The minimum Gasteiger partial charge on any atom is -0.451 e. The van der Waals surface area contributed by atoms with Crippen LogP contribution in [0.1, 0.15) is 25.3 Å². The average molecular weight is 556 g/mol. The predicted molar refractivity (Wildman–Crippen MR) is 129 cm³/mol. The first-order valence-electron chi connectivity index (χ1n) is 12.0. The van der Waals surface area contributed by atoms with Gasteiger partial charge in [-0.05, 0) is 31.4 Å². The van der Waals surface area contributed by atoms with Crippen LogP contribution in [-0.4, -0.2) is 42.5 Å². The van der Waals surface area contributed by atoms with E-state index in [1.807, 2.05) is 0 Å². The molecule has 3 heterocycles. The van der Waals surface area contributed by atoms with Crippen LogP contribution in [0.5, 0.6) is 11.5 Å². The molecule has 2 aliphatic rings. The van der Waals surface area contributed by atoms with E-state index in [2.05, 4.69) is 15.1 Å². The number of hydrogen-bond donors (Lipinski definition) is 1. The van der Waals surface area contributed by atoms with Gasteiger partial charge in [0.15, 0.2) is 17.3 Å². The molecule has 2 amide bonds. The SMILES string of the molecule is Nc1ncnc2c1c(-c1ccc(Oc3c(F)c(F)cc(F)c3F)cc1F)nn2[C@H]1CC[C@H](N2C(=O)C=CC2=O)C1. The molecule has 0 bridgehead atoms. The van der Waals surface area contributed by atoms with E-state index in [-0.39, 0.29) is 40.6 Å². The second kappa shape index (κ2) is 9.39. The van der Waals surface area contributed by atoms with Gasteiger partial charge in [-0.15, -0.1) is 0 Å². The summed E-state index contributed by atoms with van der Waals surface area (Å²) in [7, 11) is 0. The van der Waals surface area contributed by atoms with Crippen molar-refractivity contribution in [2.75, 3.05) is 5.73 Å². The number of carbonyl (C=O) groups excluding carboxylic acids is 2. The lowest BCUT2D eigenvalue weighted by Crippen LogP contribution is -2.38. The van der Waals surface area contributed by atoms with Crippen molar-refractivity contribution in [2.24, 2.45) is 0 Å². The van der Waals surface area contributed by atoms with Gasteiger partial charge in [0.05, 0.1) is 11.4 Å². The van der Waals surface area contributed by atoms with Crippen LogP contribution in [0.25, 0.3) is 22.3 Å². The first-order valence-corrected chi connectivity index (χ1v) is 12.0. The molecule has 9 nitrogen and oxygen atoms in total. The van der Waals surface area contributed by atoms with E-state index in [0.717, 1.165) is 12.1 Å². The number of nitrogens with zero attached hydrogens (tertiary/aromatic N) is 5. The lowest BCUT2D eigenvalue weighted by molar-refractivity contribution is -0.139. The normalized spacial score (nSPS) is 18.9. The van der Waals surface area contributed by atoms with Crippen molar-refractivity contribution < 1.29 is 36.3 Å². The first kappa shape index (κ1) is 25.4. The Balaban J connectivity index is 1.35. The molecule has 204 valence electrons. The van der Waals surface area contributed by atoms with E-state index in [1.165, 1.54) is 29.4 Å². The fourth-order valence-electron chi connectivity index (χ4n) is 5.11. The van der Waals surface area contributed by atoms with Crippen LogP contribution in [0, 0.1) is 29.1 Å². The van der Waals surface area contributed by atoms with Crippen molar-refractivity contribution in [3.63, 3.8) is 0 Å². The largest absolute Gasteiger partial charge is 0.451 e. The van der Waals surface area contributed by atoms with Gasteiger partial charge >= 0.3 is 0 Å². The quantitative estimate of drug-likeness (QED) is 0.217. The second-order valence-electron chi connectivity index (χ2n) is 9.29. The van der Waals surface area contributed by atoms with Crippen LogP contribution in [0.2, 0.25) is 0 Å². The lowest BCUT2D eigenvalue weighted by Gasteiger charge is -2.22. The molecular formula is C26H17F5N6O3. The van der Waals surface area contributed by atoms with Gasteiger partial charge in [0.1, 0.15) is 29.4 Å². The van der Waals surface area contributed by atoms with Crippen LogP contribution in [-0.2, 0) is 9.59 Å². The smallest absolute Gasteiger partial charge is 0.253 e. The number of hydrogen-bond acceptors (Lipinski definition) is 7. The lowest BCUT2D eigenvalue weighted by atomic mass is 10.1. The number of nitrogen functional groups attached to an aromatic ring is 1. The van der Waals surface area contributed by atoms with Crippen molar-refractivity contribution in [3.05, 3.63) is 71.8 Å². The van der Waals surface area contributed by atoms with Crippen LogP contribution < -0.4 is 10.5 Å². The summed E-state index contributed by atoms with van der Waals surface area (Å²) in [6.45, 7) is 0. The van der Waals surface area contributed by atoms with E-state index in [0.29, 0.717) is 24.9 Å². The summed E-state index contributed by atoms with van der Waals surface area (Å²) >= 11 is 0. The maximum Gasteiger partial charge on any atom is 0.253 e. The number of fused-ring (bicyclic) bond motifs is 1. The highest BCUT2D eigenvalue weighted by Gasteiger charge is 2.38. The Kier molecular flexibility index (Phi) is 5.97. The zero-order valence-electron chi connectivity index (χ0n) is 20.2. The Labute approximate surface area is 221 Å². The third-order valence-corrected chi connectivity index (χ3v) is 6.94. The topological polar surface area (TPSA) is 116 Å². The van der Waals surface area contributed by atoms with E-state index < -0.39 is 52.4 Å². The number of nitrogens with two attached hydrogens (primary N) is 1. The monoisotopic (exact) mass is 556 g/mol. The first-order chi connectivity index (χ1) is 19.1. The summed E-state index contributed by atoms with van der Waals surface area (Å²) in [6.07, 6.45) is 5.10. The van der Waals surface area contributed by atoms with Crippen molar-refractivity contribution in [1.29, 1.82) is 0 Å². The Morgan fingerprint density at radius 3 is 2.23 bits per heavy atom. The molecule has 2 aromatic heterocycles. The van der Waals surface area contributed by atoms with Gasteiger partial charge in [-0.1, -0.05) is 0 Å². The van der Waals surface area contributed by atoms with Crippen molar-refractivity contribution in [2.45, 2.75) is 31.3 Å². The predicted octanol–water partition coefficient (Wildman–Crippen LogP) is 4.58. The molecule has 14 heteroatoms. The van der Waals surface area contributed by atoms with Gasteiger partial charge in [-0.3, -0.25) is 14.5 Å². The molecule has 1 fully saturated rings. The van der Waals surface area contributed by atoms with Crippen molar-refractivity contribution >= 4 is 28.7 Å². The molecule has 0 saturated heterocycles. The Morgan fingerprint density at radius 1 is 0.875 bits per heavy atom. The number of ether oxygens (including phenoxy) is 1. The third kappa shape index (κ3) is 4.03. The maximum absolute atomic E-state index is 15.4. The summed E-state index contributed by atoms with van der Waals surface area (Å²) in [5, 5.41) is 4.79. The van der Waals surface area contributed by atoms with Gasteiger partial charge in [0.2, 0.25) is 17.4 Å². The molecule has 40 heavy (non-hydrogen) atoms. The van der Waals surface area contributed by atoms with Gasteiger partial charge in [-0.25, -0.2) is 27.8 Å². The molecule has 4 aromatic rings. The molecule has 2 N–H and O–H groups in total. The maximum atomic E-state index is 15.4. The fraction of sp³-hybridized carbons (Fsp3) is 0.192. The Morgan fingerprint density at radius 2 is 1.55 bits per heavy atom. The van der Waals surface area contributed by atoms with Gasteiger partial charge < -0.3 is 10.5 Å². The number of halogens is 5. The summed E-state index contributed by atoms with van der Waals surface area (Å²) in [5.41, 5.74) is 6.37. The second-order valence-corrected chi connectivity index (χ2v) is 9.29. The summed E-state index contributed by atoms with van der Waals surface area (Å²) in [6, 6.07) is 2.46. The van der Waals surface area contributed by atoms with Crippen LogP contribution in [0.4, 0.5) is 27.8 Å². The molecule has 2 atom stereocenters. The Bertz CT molecular complexity index is 1710. The Hall–Kier alpha value is -4.88. The zero-order valence-corrected chi connectivity index (χ0v) is 20.2. The number of benzene rings is 2. The van der Waals surface area contributed by atoms with Crippen molar-refractivity contribution in [3.8, 4) is 22.8 Å². The van der Waals surface area contributed by atoms with Crippen LogP contribution >= 0.6 is 0 Å². The number of amides is 2. The molecular weight excluding hydrogens is 539 g/mol. The molecule has 0 radical (unpaired) electrons. The number of rotatable bonds is 5. The van der Waals surface area contributed by atoms with E-state index in [1.54, 1.807) is 4.68 Å². The molecule has 1 aliphatic heterocycles. The van der Waals surface area contributed by atoms with Crippen LogP contribution in [0.3, 0.4) is 0 Å². The zero-order chi connectivity index (χ0) is 28.3. The molecule has 0 spiro atoms. The molecule has 2 aromatic carbocycles. The van der Waals surface area contributed by atoms with Gasteiger partial charge in [-0.2, -0.15) is 13.9 Å². The van der Waals surface area contributed by atoms with E-state index in [4.69, 9.17) is 10.5 Å².